The highest BCUT2D eigenvalue weighted by atomic mass is 16.2. The number of anilines is 2. The molecule has 0 aromatic carbocycles. The van der Waals surface area contributed by atoms with Crippen LogP contribution >= 0.6 is 0 Å². The van der Waals surface area contributed by atoms with E-state index in [-0.39, 0.29) is 0 Å². The predicted molar refractivity (Wildman–Crippen MR) is 82.3 cm³/mol. The molecule has 0 atom stereocenters. The first kappa shape index (κ1) is 14.1. The average molecular weight is 289 g/mol. The Morgan fingerprint density at radius 2 is 1.86 bits per heavy atom. The molecular weight excluding hydrogens is 266 g/mol. The van der Waals surface area contributed by atoms with E-state index in [1.54, 1.807) is 12.4 Å². The van der Waals surface area contributed by atoms with Crippen molar-refractivity contribution in [2.75, 3.05) is 37.4 Å². The molecule has 1 aliphatic carbocycles. The van der Waals surface area contributed by atoms with Crippen molar-refractivity contribution in [2.45, 2.75) is 31.7 Å². The molecule has 0 spiro atoms. The number of aromatic nitrogens is 2. The van der Waals surface area contributed by atoms with Gasteiger partial charge in [0.15, 0.2) is 11.6 Å². The summed E-state index contributed by atoms with van der Waals surface area (Å²) in [4.78, 5) is 24.8. The van der Waals surface area contributed by atoms with Crippen molar-refractivity contribution in [3.05, 3.63) is 12.4 Å². The van der Waals surface area contributed by atoms with Gasteiger partial charge in [-0.15, -0.1) is 0 Å². The topological polar surface area (TPSA) is 61.4 Å². The molecule has 1 aromatic rings. The minimum absolute atomic E-state index is 0.329. The van der Waals surface area contributed by atoms with E-state index in [0.29, 0.717) is 17.9 Å². The van der Waals surface area contributed by atoms with Crippen LogP contribution in [-0.2, 0) is 4.79 Å². The van der Waals surface area contributed by atoms with Gasteiger partial charge >= 0.3 is 0 Å². The Bertz CT molecular complexity index is 507. The first-order chi connectivity index (χ1) is 10.1. The summed E-state index contributed by atoms with van der Waals surface area (Å²) in [5.74, 6) is 2.38. The van der Waals surface area contributed by atoms with E-state index in [9.17, 15) is 4.79 Å². The van der Waals surface area contributed by atoms with Crippen LogP contribution < -0.4 is 10.2 Å². The van der Waals surface area contributed by atoms with E-state index >= 15 is 0 Å². The van der Waals surface area contributed by atoms with Crippen LogP contribution in [0.15, 0.2) is 12.4 Å². The van der Waals surface area contributed by atoms with E-state index in [2.05, 4.69) is 15.3 Å². The molecule has 6 heteroatoms. The zero-order chi connectivity index (χ0) is 14.8. The van der Waals surface area contributed by atoms with Crippen molar-refractivity contribution < 1.29 is 4.79 Å². The fourth-order valence-electron chi connectivity index (χ4n) is 2.79. The highest BCUT2D eigenvalue weighted by Crippen LogP contribution is 2.32. The highest BCUT2D eigenvalue weighted by Gasteiger charge is 2.35. The Balaban J connectivity index is 1.57. The molecule has 1 amide bonds. The summed E-state index contributed by atoms with van der Waals surface area (Å²) in [7, 11) is 3.93. The number of carbonyl (C=O) groups excluding carboxylic acids is 1. The van der Waals surface area contributed by atoms with E-state index in [1.807, 2.05) is 23.9 Å². The second-order valence-electron chi connectivity index (χ2n) is 6.14. The summed E-state index contributed by atoms with van der Waals surface area (Å²) in [5, 5.41) is 3.48. The van der Waals surface area contributed by atoms with Gasteiger partial charge in [-0.3, -0.25) is 4.79 Å². The molecule has 6 nitrogen and oxygen atoms in total. The molecule has 0 unspecified atom stereocenters. The van der Waals surface area contributed by atoms with Gasteiger partial charge in [0.1, 0.15) is 0 Å². The van der Waals surface area contributed by atoms with Gasteiger partial charge in [-0.25, -0.2) is 9.97 Å². The molecule has 0 radical (unpaired) electrons. The molecule has 2 fully saturated rings. The first-order valence-corrected chi connectivity index (χ1v) is 7.69. The SMILES string of the molecule is CN(C)c1nccnc1NC1CCN(C(=O)C2CC2)CC1. The maximum atomic E-state index is 12.0. The molecular formula is C15H23N5O. The molecule has 1 aliphatic heterocycles. The Hall–Kier alpha value is -1.85. The standard InChI is InChI=1S/C15H23N5O/c1-19(2)14-13(16-7-8-17-14)18-12-5-9-20(10-6-12)15(21)11-3-4-11/h7-8,11-12H,3-6,9-10H2,1-2H3,(H,16,18). The number of likely N-dealkylation sites (tertiary alicyclic amines) is 1. The summed E-state index contributed by atoms with van der Waals surface area (Å²) in [5.41, 5.74) is 0. The van der Waals surface area contributed by atoms with Crippen LogP contribution in [0.2, 0.25) is 0 Å². The Morgan fingerprint density at radius 3 is 2.48 bits per heavy atom. The van der Waals surface area contributed by atoms with Crippen LogP contribution in [0.1, 0.15) is 25.7 Å². The minimum Gasteiger partial charge on any atom is -0.364 e. The second kappa shape index (κ2) is 5.87. The lowest BCUT2D eigenvalue weighted by Crippen LogP contribution is -2.43. The maximum absolute atomic E-state index is 12.0. The molecule has 114 valence electrons. The van der Waals surface area contributed by atoms with Crippen molar-refractivity contribution >= 4 is 17.5 Å². The van der Waals surface area contributed by atoms with Crippen molar-refractivity contribution in [3.63, 3.8) is 0 Å². The van der Waals surface area contributed by atoms with Crippen LogP contribution in [0.25, 0.3) is 0 Å². The van der Waals surface area contributed by atoms with Gasteiger partial charge in [0, 0.05) is 51.5 Å². The lowest BCUT2D eigenvalue weighted by Gasteiger charge is -2.33. The Labute approximate surface area is 125 Å². The van der Waals surface area contributed by atoms with E-state index in [1.165, 1.54) is 0 Å². The van der Waals surface area contributed by atoms with Gasteiger partial charge in [0.05, 0.1) is 0 Å². The third-order valence-corrected chi connectivity index (χ3v) is 4.18. The second-order valence-corrected chi connectivity index (χ2v) is 6.14. The zero-order valence-electron chi connectivity index (χ0n) is 12.7. The van der Waals surface area contributed by atoms with Crippen molar-refractivity contribution in [2.24, 2.45) is 5.92 Å². The average Bonchev–Trinajstić information content (AvgIpc) is 3.32. The molecule has 21 heavy (non-hydrogen) atoms. The third-order valence-electron chi connectivity index (χ3n) is 4.18. The number of rotatable bonds is 4. The van der Waals surface area contributed by atoms with E-state index < -0.39 is 0 Å². The summed E-state index contributed by atoms with van der Waals surface area (Å²) in [6, 6.07) is 0.364. The lowest BCUT2D eigenvalue weighted by molar-refractivity contribution is -0.133. The molecule has 1 aromatic heterocycles. The van der Waals surface area contributed by atoms with Crippen molar-refractivity contribution in [3.8, 4) is 0 Å². The molecule has 2 heterocycles. The van der Waals surface area contributed by atoms with Gasteiger partial charge in [0.25, 0.3) is 0 Å². The largest absolute Gasteiger partial charge is 0.364 e. The predicted octanol–water partition coefficient (Wildman–Crippen LogP) is 1.36. The molecule has 1 saturated carbocycles. The third kappa shape index (κ3) is 3.25. The smallest absolute Gasteiger partial charge is 0.225 e. The number of hydrogen-bond donors (Lipinski definition) is 1. The van der Waals surface area contributed by atoms with Gasteiger partial charge in [-0.2, -0.15) is 0 Å². The van der Waals surface area contributed by atoms with Crippen molar-refractivity contribution in [1.29, 1.82) is 0 Å². The molecule has 3 rings (SSSR count). The zero-order valence-corrected chi connectivity index (χ0v) is 12.7. The molecule has 1 N–H and O–H groups in total. The fraction of sp³-hybridized carbons (Fsp3) is 0.667. The van der Waals surface area contributed by atoms with Crippen LogP contribution in [-0.4, -0.2) is 54.0 Å². The number of carbonyl (C=O) groups is 1. The summed E-state index contributed by atoms with van der Waals surface area (Å²) >= 11 is 0. The van der Waals surface area contributed by atoms with Crippen molar-refractivity contribution in [1.82, 2.24) is 14.9 Å². The number of piperidine rings is 1. The normalized spacial score (nSPS) is 19.4. The van der Waals surface area contributed by atoms with Crippen LogP contribution in [0.3, 0.4) is 0 Å². The molecule has 2 aliphatic rings. The number of nitrogens with zero attached hydrogens (tertiary/aromatic N) is 4. The van der Waals surface area contributed by atoms with Crippen LogP contribution in [0.4, 0.5) is 11.6 Å². The van der Waals surface area contributed by atoms with Crippen LogP contribution in [0, 0.1) is 5.92 Å². The van der Waals surface area contributed by atoms with E-state index in [0.717, 1.165) is 50.4 Å². The maximum Gasteiger partial charge on any atom is 0.225 e. The summed E-state index contributed by atoms with van der Waals surface area (Å²) in [6.45, 7) is 1.70. The number of nitrogens with one attached hydrogen (secondary N) is 1. The first-order valence-electron chi connectivity index (χ1n) is 7.69. The molecule has 1 saturated heterocycles. The fourth-order valence-corrected chi connectivity index (χ4v) is 2.79. The highest BCUT2D eigenvalue weighted by molar-refractivity contribution is 5.81. The van der Waals surface area contributed by atoms with Gasteiger partial charge in [-0.05, 0) is 25.7 Å². The Morgan fingerprint density at radius 1 is 1.19 bits per heavy atom. The van der Waals surface area contributed by atoms with Gasteiger partial charge in [0.2, 0.25) is 5.91 Å². The summed E-state index contributed by atoms with van der Waals surface area (Å²) < 4.78 is 0. The van der Waals surface area contributed by atoms with Gasteiger partial charge in [-0.1, -0.05) is 0 Å². The lowest BCUT2D eigenvalue weighted by atomic mass is 10.0. The molecule has 0 bridgehead atoms. The van der Waals surface area contributed by atoms with E-state index in [4.69, 9.17) is 0 Å². The number of hydrogen-bond acceptors (Lipinski definition) is 5. The monoisotopic (exact) mass is 289 g/mol. The number of amides is 1. The Kier molecular flexibility index (Phi) is 3.94. The summed E-state index contributed by atoms with van der Waals surface area (Å²) in [6.07, 6.45) is 7.54. The quantitative estimate of drug-likeness (QED) is 0.907. The van der Waals surface area contributed by atoms with Crippen LogP contribution in [0.5, 0.6) is 0 Å². The van der Waals surface area contributed by atoms with Gasteiger partial charge < -0.3 is 15.1 Å². The minimum atomic E-state index is 0.329.